The summed E-state index contributed by atoms with van der Waals surface area (Å²) >= 11 is 0. The highest BCUT2D eigenvalue weighted by molar-refractivity contribution is 7.91. The van der Waals surface area contributed by atoms with Crippen LogP contribution in [0.2, 0.25) is 0 Å². The Bertz CT molecular complexity index is 944. The number of hydrogen-bond acceptors (Lipinski definition) is 6. The molecule has 31 heavy (non-hydrogen) atoms. The summed E-state index contributed by atoms with van der Waals surface area (Å²) in [6.45, 7) is 2.08. The van der Waals surface area contributed by atoms with Crippen molar-refractivity contribution in [2.45, 2.75) is 37.2 Å². The lowest BCUT2D eigenvalue weighted by Crippen LogP contribution is -2.43. The van der Waals surface area contributed by atoms with Crippen molar-refractivity contribution in [3.05, 3.63) is 65.2 Å². The molecule has 6 nitrogen and oxygen atoms in total. The van der Waals surface area contributed by atoms with E-state index in [9.17, 15) is 8.42 Å². The Labute approximate surface area is 197 Å². The Hall–Kier alpha value is -1.35. The molecule has 0 aromatic heterocycles. The normalized spacial score (nSPS) is 22.9. The summed E-state index contributed by atoms with van der Waals surface area (Å²) in [7, 11) is -1.49. The molecular formula is C22H31Cl2N3O3S. The third-order valence-electron chi connectivity index (χ3n) is 5.84. The maximum atomic E-state index is 12.3. The maximum absolute atomic E-state index is 12.3. The van der Waals surface area contributed by atoms with Crippen LogP contribution in [0.25, 0.3) is 0 Å². The Kier molecular flexibility index (Phi) is 9.61. The summed E-state index contributed by atoms with van der Waals surface area (Å²) in [5, 5.41) is 4.79. The van der Waals surface area contributed by atoms with Crippen LogP contribution < -0.4 is 15.5 Å². The van der Waals surface area contributed by atoms with Gasteiger partial charge in [-0.05, 0) is 36.1 Å². The summed E-state index contributed by atoms with van der Waals surface area (Å²) in [5.41, 5.74) is 6.64. The van der Waals surface area contributed by atoms with Gasteiger partial charge in [0.25, 0.3) is 0 Å². The van der Waals surface area contributed by atoms with Crippen molar-refractivity contribution in [3.63, 3.8) is 0 Å². The molecule has 2 N–H and O–H groups in total. The van der Waals surface area contributed by atoms with Crippen LogP contribution in [0.1, 0.15) is 47.4 Å². The van der Waals surface area contributed by atoms with Crippen LogP contribution in [0.15, 0.2) is 48.5 Å². The molecule has 2 heterocycles. The number of nitrogens with one attached hydrogen (secondary N) is 2. The molecule has 0 bridgehead atoms. The topological polar surface area (TPSA) is 70.7 Å². The zero-order valence-corrected chi connectivity index (χ0v) is 20.1. The number of benzene rings is 2. The molecule has 0 radical (unpaired) electrons. The molecule has 2 aliphatic rings. The van der Waals surface area contributed by atoms with Gasteiger partial charge in [0.05, 0.1) is 12.9 Å². The van der Waals surface area contributed by atoms with Crippen LogP contribution in [-0.4, -0.2) is 39.4 Å². The fraction of sp³-hybridized carbons (Fsp3) is 0.455. The number of hydrazine groups is 1. The molecule has 2 aromatic rings. The van der Waals surface area contributed by atoms with Gasteiger partial charge in [0.1, 0.15) is 11.1 Å². The highest BCUT2D eigenvalue weighted by atomic mass is 35.5. The van der Waals surface area contributed by atoms with Crippen molar-refractivity contribution >= 4 is 34.7 Å². The largest absolute Gasteiger partial charge is 0.496 e. The average Bonchev–Trinajstić information content (AvgIpc) is 3.12. The molecule has 2 saturated heterocycles. The number of ether oxygens (including phenoxy) is 1. The predicted molar refractivity (Wildman–Crippen MR) is 129 cm³/mol. The second-order valence-electron chi connectivity index (χ2n) is 7.72. The molecule has 172 valence electrons. The minimum absolute atomic E-state index is 0. The second-order valence-corrected chi connectivity index (χ2v) is 9.93. The van der Waals surface area contributed by atoms with Crippen molar-refractivity contribution in [1.82, 2.24) is 15.8 Å². The first-order valence-corrected chi connectivity index (χ1v) is 12.0. The highest BCUT2D eigenvalue weighted by Crippen LogP contribution is 2.31. The van der Waals surface area contributed by atoms with Crippen molar-refractivity contribution < 1.29 is 13.2 Å². The van der Waals surface area contributed by atoms with Crippen molar-refractivity contribution in [1.29, 1.82) is 0 Å². The van der Waals surface area contributed by atoms with Crippen LogP contribution in [0.5, 0.6) is 5.75 Å². The molecule has 0 spiro atoms. The lowest BCUT2D eigenvalue weighted by Gasteiger charge is -2.36. The second kappa shape index (κ2) is 11.5. The van der Waals surface area contributed by atoms with Gasteiger partial charge in [0, 0.05) is 31.2 Å². The SMILES string of the molecule is COc1ccc(C2NCCS2(=O)=O)cc1CNN1CCCCC1c1ccccc1.Cl.Cl. The Morgan fingerprint density at radius 3 is 2.55 bits per heavy atom. The van der Waals surface area contributed by atoms with E-state index in [-0.39, 0.29) is 30.6 Å². The first-order valence-electron chi connectivity index (χ1n) is 10.3. The monoisotopic (exact) mass is 487 g/mol. The molecule has 2 unspecified atom stereocenters. The molecule has 0 aliphatic carbocycles. The van der Waals surface area contributed by atoms with E-state index in [0.29, 0.717) is 19.1 Å². The van der Waals surface area contributed by atoms with Gasteiger partial charge in [-0.15, -0.1) is 24.8 Å². The van der Waals surface area contributed by atoms with Gasteiger partial charge in [-0.25, -0.2) is 13.4 Å². The number of hydrogen-bond donors (Lipinski definition) is 2. The Balaban J connectivity index is 0.00000171. The van der Waals surface area contributed by atoms with Gasteiger partial charge in [-0.2, -0.15) is 0 Å². The Morgan fingerprint density at radius 2 is 1.87 bits per heavy atom. The summed E-state index contributed by atoms with van der Waals surface area (Å²) in [6, 6.07) is 16.6. The fourth-order valence-corrected chi connectivity index (χ4v) is 5.90. The molecule has 2 aliphatic heterocycles. The average molecular weight is 488 g/mol. The lowest BCUT2D eigenvalue weighted by molar-refractivity contribution is 0.0821. The number of rotatable bonds is 6. The molecule has 2 atom stereocenters. The van der Waals surface area contributed by atoms with Gasteiger partial charge in [0.2, 0.25) is 0 Å². The van der Waals surface area contributed by atoms with Crippen molar-refractivity contribution in [3.8, 4) is 5.75 Å². The first-order chi connectivity index (χ1) is 14.1. The Morgan fingerprint density at radius 1 is 1.10 bits per heavy atom. The fourth-order valence-electron chi connectivity index (χ4n) is 4.33. The summed E-state index contributed by atoms with van der Waals surface area (Å²) in [4.78, 5) is 0. The van der Waals surface area contributed by atoms with Gasteiger partial charge in [-0.1, -0.05) is 42.8 Å². The third-order valence-corrected chi connectivity index (χ3v) is 7.77. The van der Waals surface area contributed by atoms with Gasteiger partial charge >= 0.3 is 0 Å². The predicted octanol–water partition coefficient (Wildman–Crippen LogP) is 3.79. The standard InChI is InChI=1S/C22H29N3O3S.2ClH/c1-28-21-11-10-18(22-23-12-14-29(22,26)27)15-19(21)16-24-25-13-6-5-9-20(25)17-7-3-2-4-8-17;;/h2-4,7-8,10-11,15,20,22-24H,5-6,9,12-14,16H2,1H3;2*1H. The van der Waals surface area contributed by atoms with Crippen molar-refractivity contribution in [2.24, 2.45) is 0 Å². The van der Waals surface area contributed by atoms with Crippen LogP contribution in [-0.2, 0) is 16.4 Å². The molecule has 9 heteroatoms. The number of piperidine rings is 1. The molecule has 0 saturated carbocycles. The van der Waals surface area contributed by atoms with E-state index < -0.39 is 15.2 Å². The summed E-state index contributed by atoms with van der Waals surface area (Å²) < 4.78 is 30.2. The highest BCUT2D eigenvalue weighted by Gasteiger charge is 2.32. The smallest absolute Gasteiger partial charge is 0.171 e. The summed E-state index contributed by atoms with van der Waals surface area (Å²) in [6.07, 6.45) is 3.51. The minimum atomic E-state index is -3.14. The van der Waals surface area contributed by atoms with Crippen LogP contribution in [0.3, 0.4) is 0 Å². The molecule has 2 aromatic carbocycles. The van der Waals surface area contributed by atoms with Gasteiger partial charge in [0.15, 0.2) is 9.84 Å². The van der Waals surface area contributed by atoms with Crippen LogP contribution in [0, 0.1) is 0 Å². The van der Waals surface area contributed by atoms with E-state index in [4.69, 9.17) is 4.74 Å². The van der Waals surface area contributed by atoms with E-state index >= 15 is 0 Å². The van der Waals surface area contributed by atoms with E-state index in [1.807, 2.05) is 24.3 Å². The minimum Gasteiger partial charge on any atom is -0.496 e. The zero-order valence-electron chi connectivity index (χ0n) is 17.6. The maximum Gasteiger partial charge on any atom is 0.171 e. The van der Waals surface area contributed by atoms with Gasteiger partial charge in [-0.3, -0.25) is 10.7 Å². The number of nitrogens with zero attached hydrogens (tertiary/aromatic N) is 1. The van der Waals surface area contributed by atoms with E-state index in [2.05, 4.69) is 40.0 Å². The molecular weight excluding hydrogens is 457 g/mol. The molecule has 4 rings (SSSR count). The molecule has 2 fully saturated rings. The number of methoxy groups -OCH3 is 1. The van der Waals surface area contributed by atoms with Crippen LogP contribution >= 0.6 is 24.8 Å². The van der Waals surface area contributed by atoms with E-state index in [0.717, 1.165) is 36.3 Å². The third kappa shape index (κ3) is 5.92. The number of halogens is 2. The van der Waals surface area contributed by atoms with E-state index in [1.165, 1.54) is 12.0 Å². The number of sulfone groups is 1. The van der Waals surface area contributed by atoms with E-state index in [1.54, 1.807) is 7.11 Å². The lowest BCUT2D eigenvalue weighted by atomic mass is 9.97. The quantitative estimate of drug-likeness (QED) is 0.645. The summed E-state index contributed by atoms with van der Waals surface area (Å²) in [5.74, 6) is 0.953. The van der Waals surface area contributed by atoms with Crippen LogP contribution in [0.4, 0.5) is 0 Å². The van der Waals surface area contributed by atoms with Crippen molar-refractivity contribution in [2.75, 3.05) is 26.0 Å². The van der Waals surface area contributed by atoms with Gasteiger partial charge < -0.3 is 4.74 Å². The molecule has 0 amide bonds. The zero-order chi connectivity index (χ0) is 20.3. The first kappa shape index (κ1) is 25.9.